The summed E-state index contributed by atoms with van der Waals surface area (Å²) in [4.78, 5) is 11.6. The molecule has 0 spiro atoms. The van der Waals surface area contributed by atoms with Gasteiger partial charge in [0.05, 0.1) is 16.9 Å². The Balaban J connectivity index is 2.25. The van der Waals surface area contributed by atoms with Crippen molar-refractivity contribution in [2.45, 2.75) is 44.6 Å². The Morgan fingerprint density at radius 1 is 1.39 bits per heavy atom. The number of hydrogen-bond donors (Lipinski definition) is 1. The molecule has 1 amide bonds. The molecule has 0 aliphatic carbocycles. The van der Waals surface area contributed by atoms with Crippen molar-refractivity contribution < 1.29 is 17.9 Å². The van der Waals surface area contributed by atoms with Crippen molar-refractivity contribution in [2.75, 3.05) is 13.1 Å². The van der Waals surface area contributed by atoms with Gasteiger partial charge in [0.1, 0.15) is 5.75 Å². The Bertz CT molecular complexity index is 685. The molecule has 0 bridgehead atoms. The van der Waals surface area contributed by atoms with E-state index in [1.54, 1.807) is 18.2 Å². The van der Waals surface area contributed by atoms with E-state index in [1.165, 1.54) is 4.31 Å². The number of piperidine rings is 1. The summed E-state index contributed by atoms with van der Waals surface area (Å²) in [5.74, 6) is -0.183. The third-order valence-electron chi connectivity index (χ3n) is 3.93. The molecule has 1 heterocycles. The third kappa shape index (κ3) is 4.03. The topological polar surface area (TPSA) is 89.7 Å². The van der Waals surface area contributed by atoms with Crippen molar-refractivity contribution in [3.8, 4) is 5.75 Å². The second kappa shape index (κ2) is 6.88. The molecular formula is C16H24N2O4S. The minimum atomic E-state index is -3.63. The van der Waals surface area contributed by atoms with E-state index < -0.39 is 21.8 Å². The van der Waals surface area contributed by atoms with Crippen LogP contribution in [0.15, 0.2) is 23.1 Å². The summed E-state index contributed by atoms with van der Waals surface area (Å²) < 4.78 is 32.5. The summed E-state index contributed by atoms with van der Waals surface area (Å²) in [5.41, 5.74) is 6.09. The van der Waals surface area contributed by atoms with Gasteiger partial charge in [-0.2, -0.15) is 4.31 Å². The van der Waals surface area contributed by atoms with Gasteiger partial charge in [0, 0.05) is 13.1 Å². The van der Waals surface area contributed by atoms with Gasteiger partial charge in [0.25, 0.3) is 0 Å². The largest absolute Gasteiger partial charge is 0.491 e. The number of carbonyl (C=O) groups excluding carboxylic acids is 1. The SMILES string of the molecule is Cc1cc(S(=O)(=O)N2CCCC(C(N)=O)C2)ccc1OC(C)C. The lowest BCUT2D eigenvalue weighted by molar-refractivity contribution is -0.122. The number of primary amides is 1. The maximum Gasteiger partial charge on any atom is 0.243 e. The van der Waals surface area contributed by atoms with Crippen LogP contribution in [0.25, 0.3) is 0 Å². The number of nitrogens with zero attached hydrogens (tertiary/aromatic N) is 1. The summed E-state index contributed by atoms with van der Waals surface area (Å²) in [7, 11) is -3.63. The summed E-state index contributed by atoms with van der Waals surface area (Å²) >= 11 is 0. The number of aryl methyl sites for hydroxylation is 1. The number of carbonyl (C=O) groups is 1. The van der Waals surface area contributed by atoms with E-state index >= 15 is 0 Å². The highest BCUT2D eigenvalue weighted by atomic mass is 32.2. The monoisotopic (exact) mass is 340 g/mol. The smallest absolute Gasteiger partial charge is 0.243 e. The summed E-state index contributed by atoms with van der Waals surface area (Å²) in [6.07, 6.45) is 1.30. The molecule has 1 aromatic carbocycles. The molecule has 0 saturated carbocycles. The first-order chi connectivity index (χ1) is 10.7. The van der Waals surface area contributed by atoms with Crippen molar-refractivity contribution in [2.24, 2.45) is 11.7 Å². The molecule has 2 N–H and O–H groups in total. The number of ether oxygens (including phenoxy) is 1. The fraction of sp³-hybridized carbons (Fsp3) is 0.562. The van der Waals surface area contributed by atoms with Crippen molar-refractivity contribution in [1.29, 1.82) is 0 Å². The molecular weight excluding hydrogens is 316 g/mol. The molecule has 1 aliphatic heterocycles. The zero-order valence-electron chi connectivity index (χ0n) is 13.8. The molecule has 6 nitrogen and oxygen atoms in total. The highest BCUT2D eigenvalue weighted by Gasteiger charge is 2.32. The van der Waals surface area contributed by atoms with Gasteiger partial charge in [-0.1, -0.05) is 0 Å². The molecule has 1 aliphatic rings. The first-order valence-corrected chi connectivity index (χ1v) is 9.22. The standard InChI is InChI=1S/C16H24N2O4S/c1-11(2)22-15-7-6-14(9-12(15)3)23(20,21)18-8-4-5-13(10-18)16(17)19/h6-7,9,11,13H,4-5,8,10H2,1-3H3,(H2,17,19). The molecule has 7 heteroatoms. The van der Waals surface area contributed by atoms with E-state index in [0.29, 0.717) is 25.1 Å². The fourth-order valence-corrected chi connectivity index (χ4v) is 4.32. The second-order valence-corrected chi connectivity index (χ2v) is 8.14. The second-order valence-electron chi connectivity index (χ2n) is 6.20. The molecule has 23 heavy (non-hydrogen) atoms. The Hall–Kier alpha value is -1.60. The van der Waals surface area contributed by atoms with Crippen LogP contribution in [0.4, 0.5) is 0 Å². The number of rotatable bonds is 5. The number of benzene rings is 1. The van der Waals surface area contributed by atoms with Gasteiger partial charge >= 0.3 is 0 Å². The molecule has 0 aromatic heterocycles. The Morgan fingerprint density at radius 3 is 2.65 bits per heavy atom. The highest BCUT2D eigenvalue weighted by Crippen LogP contribution is 2.27. The maximum absolute atomic E-state index is 12.8. The van der Waals surface area contributed by atoms with Crippen LogP contribution < -0.4 is 10.5 Å². The first-order valence-electron chi connectivity index (χ1n) is 7.78. The van der Waals surface area contributed by atoms with Crippen molar-refractivity contribution in [3.63, 3.8) is 0 Å². The van der Waals surface area contributed by atoms with Gasteiger partial charge in [-0.15, -0.1) is 0 Å². The van der Waals surface area contributed by atoms with E-state index in [2.05, 4.69) is 0 Å². The molecule has 2 rings (SSSR count). The molecule has 1 atom stereocenters. The van der Waals surface area contributed by atoms with Gasteiger partial charge in [0.15, 0.2) is 0 Å². The van der Waals surface area contributed by atoms with Crippen molar-refractivity contribution in [3.05, 3.63) is 23.8 Å². The molecule has 1 aromatic rings. The number of sulfonamides is 1. The lowest BCUT2D eigenvalue weighted by atomic mass is 9.99. The number of hydrogen-bond acceptors (Lipinski definition) is 4. The average molecular weight is 340 g/mol. The third-order valence-corrected chi connectivity index (χ3v) is 5.79. The van der Waals surface area contributed by atoms with Crippen LogP contribution in [0.3, 0.4) is 0 Å². The zero-order chi connectivity index (χ0) is 17.2. The van der Waals surface area contributed by atoms with Crippen LogP contribution in [-0.4, -0.2) is 37.8 Å². The normalized spacial score (nSPS) is 19.7. The summed E-state index contributed by atoms with van der Waals surface area (Å²) in [6, 6.07) is 4.84. The van der Waals surface area contributed by atoms with Crippen LogP contribution in [0, 0.1) is 12.8 Å². The van der Waals surface area contributed by atoms with Crippen molar-refractivity contribution in [1.82, 2.24) is 4.31 Å². The molecule has 128 valence electrons. The quantitative estimate of drug-likeness (QED) is 0.883. The number of amides is 1. The van der Waals surface area contributed by atoms with Crippen LogP contribution in [0.5, 0.6) is 5.75 Å². The van der Waals surface area contributed by atoms with E-state index in [1.807, 2.05) is 20.8 Å². The Kier molecular flexibility index (Phi) is 5.31. The minimum Gasteiger partial charge on any atom is -0.491 e. The van der Waals surface area contributed by atoms with E-state index in [9.17, 15) is 13.2 Å². The summed E-state index contributed by atoms with van der Waals surface area (Å²) in [6.45, 7) is 6.22. The minimum absolute atomic E-state index is 0.0228. The Labute approximate surface area is 137 Å². The lowest BCUT2D eigenvalue weighted by Gasteiger charge is -2.30. The maximum atomic E-state index is 12.8. The lowest BCUT2D eigenvalue weighted by Crippen LogP contribution is -2.44. The van der Waals surface area contributed by atoms with Crippen LogP contribution in [0.2, 0.25) is 0 Å². The average Bonchev–Trinajstić information content (AvgIpc) is 2.49. The van der Waals surface area contributed by atoms with E-state index in [4.69, 9.17) is 10.5 Å². The van der Waals surface area contributed by atoms with Gasteiger partial charge in [-0.05, 0) is 57.4 Å². The van der Waals surface area contributed by atoms with Crippen molar-refractivity contribution >= 4 is 15.9 Å². The van der Waals surface area contributed by atoms with Crippen LogP contribution in [0.1, 0.15) is 32.3 Å². The van der Waals surface area contributed by atoms with Crippen LogP contribution in [-0.2, 0) is 14.8 Å². The molecule has 1 saturated heterocycles. The van der Waals surface area contributed by atoms with E-state index in [-0.39, 0.29) is 17.5 Å². The van der Waals surface area contributed by atoms with E-state index in [0.717, 1.165) is 5.56 Å². The predicted molar refractivity (Wildman–Crippen MR) is 87.6 cm³/mol. The van der Waals surface area contributed by atoms with Gasteiger partial charge in [-0.25, -0.2) is 8.42 Å². The van der Waals surface area contributed by atoms with Gasteiger partial charge < -0.3 is 10.5 Å². The predicted octanol–water partition coefficient (Wildman–Crippen LogP) is 1.67. The first kappa shape index (κ1) is 17.7. The molecule has 1 fully saturated rings. The Morgan fingerprint density at radius 2 is 2.09 bits per heavy atom. The van der Waals surface area contributed by atoms with Gasteiger partial charge in [0.2, 0.25) is 15.9 Å². The molecule has 1 unspecified atom stereocenters. The zero-order valence-corrected chi connectivity index (χ0v) is 14.6. The van der Waals surface area contributed by atoms with Gasteiger partial charge in [-0.3, -0.25) is 4.79 Å². The number of nitrogens with two attached hydrogens (primary N) is 1. The highest BCUT2D eigenvalue weighted by molar-refractivity contribution is 7.89. The summed E-state index contributed by atoms with van der Waals surface area (Å²) in [5, 5.41) is 0. The molecule has 0 radical (unpaired) electrons. The van der Waals surface area contributed by atoms with Crippen LogP contribution >= 0.6 is 0 Å². The fourth-order valence-electron chi connectivity index (χ4n) is 2.71.